The van der Waals surface area contributed by atoms with Gasteiger partial charge in [-0.25, -0.2) is 0 Å². The third-order valence-electron chi connectivity index (χ3n) is 4.20. The van der Waals surface area contributed by atoms with Crippen molar-refractivity contribution in [1.82, 2.24) is 5.32 Å². The maximum Gasteiger partial charge on any atom is 0.0314 e. The molecule has 3 heteroatoms. The van der Waals surface area contributed by atoms with Crippen molar-refractivity contribution in [1.29, 1.82) is 0 Å². The van der Waals surface area contributed by atoms with E-state index >= 15 is 0 Å². The van der Waals surface area contributed by atoms with E-state index in [1.54, 1.807) is 0 Å². The van der Waals surface area contributed by atoms with Gasteiger partial charge >= 0.3 is 0 Å². The maximum absolute atomic E-state index is 3.68. The number of hydrogen-bond acceptors (Lipinski definition) is 2. The van der Waals surface area contributed by atoms with Crippen LogP contribution < -0.4 is 5.32 Å². The van der Waals surface area contributed by atoms with Crippen LogP contribution in [-0.4, -0.2) is 13.1 Å². The Bertz CT molecular complexity index is 361. The van der Waals surface area contributed by atoms with Crippen LogP contribution in [0.2, 0.25) is 0 Å². The molecule has 0 amide bonds. The van der Waals surface area contributed by atoms with Gasteiger partial charge in [0.15, 0.2) is 0 Å². The molecule has 0 radical (unpaired) electrons. The van der Waals surface area contributed by atoms with E-state index in [4.69, 9.17) is 0 Å². The summed E-state index contributed by atoms with van der Waals surface area (Å²) in [7, 11) is 0. The summed E-state index contributed by atoms with van der Waals surface area (Å²) in [4.78, 5) is 1.54. The Balaban J connectivity index is 1.98. The lowest BCUT2D eigenvalue weighted by Crippen LogP contribution is -2.33. The number of thiophene rings is 1. The summed E-state index contributed by atoms with van der Waals surface area (Å²) >= 11 is 5.58. The van der Waals surface area contributed by atoms with Crippen molar-refractivity contribution in [3.63, 3.8) is 0 Å². The number of nitrogens with one attached hydrogen (secondary N) is 1. The van der Waals surface area contributed by atoms with Crippen molar-refractivity contribution in [3.05, 3.63) is 20.8 Å². The van der Waals surface area contributed by atoms with Gasteiger partial charge in [-0.15, -0.1) is 11.3 Å². The first-order valence-electron chi connectivity index (χ1n) is 7.13. The summed E-state index contributed by atoms with van der Waals surface area (Å²) in [5.74, 6) is 2.64. The Morgan fingerprint density at radius 2 is 2.22 bits per heavy atom. The average Bonchev–Trinajstić information content (AvgIpc) is 2.74. The second kappa shape index (κ2) is 7.06. The van der Waals surface area contributed by atoms with Crippen LogP contribution in [-0.2, 0) is 6.42 Å². The number of rotatable bonds is 5. The molecule has 0 spiro atoms. The zero-order chi connectivity index (χ0) is 13.0. The summed E-state index contributed by atoms with van der Waals surface area (Å²) in [6, 6.07) is 2.19. The van der Waals surface area contributed by atoms with Gasteiger partial charge in [-0.05, 0) is 77.5 Å². The zero-order valence-corrected chi connectivity index (χ0v) is 13.8. The minimum atomic E-state index is 0.864. The Morgan fingerprint density at radius 3 is 2.89 bits per heavy atom. The van der Waals surface area contributed by atoms with Gasteiger partial charge in [0.05, 0.1) is 0 Å². The first-order chi connectivity index (χ1) is 8.70. The lowest BCUT2D eigenvalue weighted by Gasteiger charge is -2.35. The Morgan fingerprint density at radius 1 is 1.39 bits per heavy atom. The molecule has 1 aliphatic rings. The van der Waals surface area contributed by atoms with Crippen LogP contribution in [0.15, 0.2) is 15.9 Å². The van der Waals surface area contributed by atoms with Crippen LogP contribution in [0.25, 0.3) is 0 Å². The third kappa shape index (κ3) is 3.82. The molecule has 18 heavy (non-hydrogen) atoms. The minimum Gasteiger partial charge on any atom is -0.317 e. The van der Waals surface area contributed by atoms with Crippen LogP contribution >= 0.6 is 27.3 Å². The molecule has 2 rings (SSSR count). The van der Waals surface area contributed by atoms with Crippen molar-refractivity contribution in [2.75, 3.05) is 13.1 Å². The fourth-order valence-electron chi connectivity index (χ4n) is 3.12. The van der Waals surface area contributed by atoms with Crippen LogP contribution in [0.1, 0.15) is 38.0 Å². The monoisotopic (exact) mass is 329 g/mol. The highest BCUT2D eigenvalue weighted by Crippen LogP contribution is 2.37. The Labute approximate surface area is 123 Å². The topological polar surface area (TPSA) is 12.0 Å². The molecule has 3 unspecified atom stereocenters. The van der Waals surface area contributed by atoms with E-state index < -0.39 is 0 Å². The van der Waals surface area contributed by atoms with Gasteiger partial charge < -0.3 is 5.32 Å². The highest BCUT2D eigenvalue weighted by atomic mass is 79.9. The van der Waals surface area contributed by atoms with E-state index in [1.807, 2.05) is 11.3 Å². The Kier molecular flexibility index (Phi) is 5.71. The second-order valence-corrected chi connectivity index (χ2v) is 7.50. The van der Waals surface area contributed by atoms with E-state index in [-0.39, 0.29) is 0 Å². The predicted octanol–water partition coefficient (Wildman–Crippen LogP) is 4.72. The fourth-order valence-corrected chi connectivity index (χ4v) is 4.73. The van der Waals surface area contributed by atoms with Gasteiger partial charge in [0.25, 0.3) is 0 Å². The van der Waals surface area contributed by atoms with Crippen molar-refractivity contribution < 1.29 is 0 Å². The maximum atomic E-state index is 3.68. The molecule has 1 nitrogen and oxygen atoms in total. The highest BCUT2D eigenvalue weighted by molar-refractivity contribution is 9.10. The molecule has 1 heterocycles. The molecule has 1 N–H and O–H groups in total. The van der Waals surface area contributed by atoms with E-state index in [1.165, 1.54) is 41.6 Å². The lowest BCUT2D eigenvalue weighted by molar-refractivity contribution is 0.185. The molecule has 1 aromatic heterocycles. The van der Waals surface area contributed by atoms with Gasteiger partial charge in [-0.3, -0.25) is 0 Å². The standard InChI is InChI=1S/C15H24BrNS/c1-3-17-10-12-5-4-11(2)8-13(12)9-15-14(16)6-7-18-15/h6-7,11-13,17H,3-5,8-10H2,1-2H3. The summed E-state index contributed by atoms with van der Waals surface area (Å²) < 4.78 is 1.31. The molecular formula is C15H24BrNS. The SMILES string of the molecule is CCNCC1CCC(C)CC1Cc1sccc1Br. The third-order valence-corrected chi connectivity index (χ3v) is 6.15. The highest BCUT2D eigenvalue weighted by Gasteiger charge is 2.28. The molecule has 1 aromatic rings. The van der Waals surface area contributed by atoms with Crippen LogP contribution in [0.5, 0.6) is 0 Å². The van der Waals surface area contributed by atoms with Crippen molar-refractivity contribution in [2.24, 2.45) is 17.8 Å². The second-order valence-electron chi connectivity index (χ2n) is 5.64. The van der Waals surface area contributed by atoms with Crippen molar-refractivity contribution >= 4 is 27.3 Å². The molecule has 0 saturated heterocycles. The van der Waals surface area contributed by atoms with Crippen LogP contribution in [0.4, 0.5) is 0 Å². The molecule has 0 bridgehead atoms. The van der Waals surface area contributed by atoms with E-state index in [0.717, 1.165) is 24.3 Å². The fraction of sp³-hybridized carbons (Fsp3) is 0.733. The van der Waals surface area contributed by atoms with Crippen LogP contribution in [0.3, 0.4) is 0 Å². The molecule has 0 aliphatic heterocycles. The predicted molar refractivity (Wildman–Crippen MR) is 84.3 cm³/mol. The molecule has 0 aromatic carbocycles. The van der Waals surface area contributed by atoms with Crippen LogP contribution in [0, 0.1) is 17.8 Å². The van der Waals surface area contributed by atoms with Gasteiger partial charge in [0.1, 0.15) is 0 Å². The van der Waals surface area contributed by atoms with Gasteiger partial charge in [0, 0.05) is 9.35 Å². The zero-order valence-electron chi connectivity index (χ0n) is 11.4. The quantitative estimate of drug-likeness (QED) is 0.824. The Hall–Kier alpha value is 0.140. The van der Waals surface area contributed by atoms with E-state index in [2.05, 4.69) is 46.5 Å². The van der Waals surface area contributed by atoms with Gasteiger partial charge in [-0.1, -0.05) is 20.3 Å². The molecular weight excluding hydrogens is 306 g/mol. The smallest absolute Gasteiger partial charge is 0.0314 e. The average molecular weight is 330 g/mol. The summed E-state index contributed by atoms with van der Waals surface area (Å²) in [6.07, 6.45) is 5.49. The van der Waals surface area contributed by atoms with Crippen molar-refractivity contribution in [2.45, 2.75) is 39.5 Å². The van der Waals surface area contributed by atoms with Gasteiger partial charge in [0.2, 0.25) is 0 Å². The molecule has 102 valence electrons. The summed E-state index contributed by atoms with van der Waals surface area (Å²) in [6.45, 7) is 6.93. The first-order valence-corrected chi connectivity index (χ1v) is 8.80. The number of halogens is 1. The molecule has 3 atom stereocenters. The molecule has 1 saturated carbocycles. The first kappa shape index (κ1) is 14.5. The molecule has 1 fully saturated rings. The summed E-state index contributed by atoms with van der Waals surface area (Å²) in [5, 5.41) is 5.75. The van der Waals surface area contributed by atoms with Crippen molar-refractivity contribution in [3.8, 4) is 0 Å². The number of hydrogen-bond donors (Lipinski definition) is 1. The molecule has 1 aliphatic carbocycles. The largest absolute Gasteiger partial charge is 0.317 e. The minimum absolute atomic E-state index is 0.864. The summed E-state index contributed by atoms with van der Waals surface area (Å²) in [5.41, 5.74) is 0. The lowest BCUT2D eigenvalue weighted by atomic mass is 9.73. The van der Waals surface area contributed by atoms with E-state index in [9.17, 15) is 0 Å². The van der Waals surface area contributed by atoms with Gasteiger partial charge in [-0.2, -0.15) is 0 Å². The normalized spacial score (nSPS) is 28.5. The van der Waals surface area contributed by atoms with E-state index in [0.29, 0.717) is 0 Å².